The highest BCUT2D eigenvalue weighted by Gasteiger charge is 2.38. The monoisotopic (exact) mass is 1030 g/mol. The first-order chi connectivity index (χ1) is 35.2. The number of fused-ring (bicyclic) bond motifs is 5. The van der Waals surface area contributed by atoms with Crippen LogP contribution in [0.4, 0.5) is 28.4 Å². The van der Waals surface area contributed by atoms with Gasteiger partial charge in [0.05, 0.1) is 42.8 Å². The lowest BCUT2D eigenvalue weighted by molar-refractivity contribution is -0.197. The third-order valence-corrected chi connectivity index (χ3v) is 16.5. The van der Waals surface area contributed by atoms with Gasteiger partial charge in [-0.3, -0.25) is 24.2 Å². The largest absolute Gasteiger partial charge is 0.493 e. The number of amides is 4. The zero-order valence-corrected chi connectivity index (χ0v) is 43.2. The molecule has 380 valence electrons. The Morgan fingerprint density at radius 2 is 1.48 bits per heavy atom. The molecular formula is C55H58N6O10S2. The summed E-state index contributed by atoms with van der Waals surface area (Å²) < 4.78 is 24.5. The molecule has 4 aliphatic rings. The second kappa shape index (κ2) is 21.9. The van der Waals surface area contributed by atoms with Crippen molar-refractivity contribution in [2.75, 3.05) is 66.7 Å². The van der Waals surface area contributed by atoms with Crippen molar-refractivity contribution < 1.29 is 47.8 Å². The Labute approximate surface area is 432 Å². The Morgan fingerprint density at radius 1 is 0.822 bits per heavy atom. The SMILES string of the molecule is C=Nc1cc(OCc2cc(COc3cc4c(cc3OC)C(=O)N3c5ccccc5C[C@H]3CN4)cc(N(C)CC(C)(C)SSCCCC(=O)ON3C(=O)CCC3=O)c2)c(OC)cc1C(=O)N1CCc2ccccc21. The summed E-state index contributed by atoms with van der Waals surface area (Å²) in [6.07, 6.45) is 2.22. The summed E-state index contributed by atoms with van der Waals surface area (Å²) in [5, 5.41) is 4.10. The molecule has 0 aromatic heterocycles. The van der Waals surface area contributed by atoms with Crippen LogP contribution in [0.3, 0.4) is 0 Å². The molecule has 18 heteroatoms. The number of hydrogen-bond acceptors (Lipinski definition) is 15. The number of hydrogen-bond donors (Lipinski definition) is 1. The molecule has 0 saturated carbocycles. The molecule has 1 fully saturated rings. The molecule has 0 radical (unpaired) electrons. The van der Waals surface area contributed by atoms with Crippen LogP contribution in [0.2, 0.25) is 0 Å². The number of rotatable bonds is 20. The molecule has 16 nitrogen and oxygen atoms in total. The molecular weight excluding hydrogens is 969 g/mol. The fourth-order valence-corrected chi connectivity index (χ4v) is 12.3. The summed E-state index contributed by atoms with van der Waals surface area (Å²) >= 11 is 0. The summed E-state index contributed by atoms with van der Waals surface area (Å²) in [5.41, 5.74) is 8.54. The second-order valence-corrected chi connectivity index (χ2v) is 22.0. The molecule has 4 heterocycles. The Hall–Kier alpha value is -7.18. The van der Waals surface area contributed by atoms with Gasteiger partial charge in [-0.2, -0.15) is 0 Å². The first-order valence-corrected chi connectivity index (χ1v) is 26.5. The van der Waals surface area contributed by atoms with E-state index in [1.807, 2.05) is 66.5 Å². The number of carbonyl (C=O) groups is 5. The van der Waals surface area contributed by atoms with Gasteiger partial charge < -0.3 is 43.8 Å². The van der Waals surface area contributed by atoms with Crippen molar-refractivity contribution in [3.05, 3.63) is 124 Å². The number of ether oxygens (including phenoxy) is 4. The Morgan fingerprint density at radius 3 is 2.18 bits per heavy atom. The van der Waals surface area contributed by atoms with E-state index in [4.69, 9.17) is 23.8 Å². The van der Waals surface area contributed by atoms with Crippen LogP contribution in [0.1, 0.15) is 82.5 Å². The van der Waals surface area contributed by atoms with Crippen molar-refractivity contribution >= 4 is 86.3 Å². The van der Waals surface area contributed by atoms with Crippen molar-refractivity contribution in [3.63, 3.8) is 0 Å². The minimum absolute atomic E-state index is 0.0264. The fourth-order valence-electron chi connectivity index (χ4n) is 9.65. The topological polar surface area (TPSA) is 169 Å². The Balaban J connectivity index is 0.923. The summed E-state index contributed by atoms with van der Waals surface area (Å²) in [5.74, 6) is 0.418. The molecule has 5 aromatic rings. The van der Waals surface area contributed by atoms with Crippen LogP contribution in [0.5, 0.6) is 23.0 Å². The zero-order chi connectivity index (χ0) is 51.4. The molecule has 73 heavy (non-hydrogen) atoms. The van der Waals surface area contributed by atoms with Gasteiger partial charge in [-0.25, -0.2) is 4.79 Å². The lowest BCUT2D eigenvalue weighted by Gasteiger charge is -2.31. The van der Waals surface area contributed by atoms with Gasteiger partial charge in [0.25, 0.3) is 23.6 Å². The Kier molecular flexibility index (Phi) is 15.2. The lowest BCUT2D eigenvalue weighted by atomic mass is 10.1. The fraction of sp³-hybridized carbons (Fsp3) is 0.345. The summed E-state index contributed by atoms with van der Waals surface area (Å²) in [6.45, 7) is 10.1. The van der Waals surface area contributed by atoms with Gasteiger partial charge in [0.15, 0.2) is 23.0 Å². The van der Waals surface area contributed by atoms with Crippen LogP contribution in [-0.2, 0) is 45.3 Å². The van der Waals surface area contributed by atoms with E-state index in [-0.39, 0.29) is 55.1 Å². The minimum Gasteiger partial charge on any atom is -0.493 e. The van der Waals surface area contributed by atoms with E-state index in [1.165, 1.54) is 7.11 Å². The number of benzene rings is 5. The summed E-state index contributed by atoms with van der Waals surface area (Å²) in [7, 11) is 8.45. The van der Waals surface area contributed by atoms with E-state index >= 15 is 0 Å². The molecule has 4 aliphatic heterocycles. The molecule has 4 amide bonds. The summed E-state index contributed by atoms with van der Waals surface area (Å²) in [4.78, 5) is 79.3. The van der Waals surface area contributed by atoms with E-state index in [0.717, 1.165) is 52.2 Å². The molecule has 0 unspecified atom stereocenters. The smallest absolute Gasteiger partial charge is 0.333 e. The Bertz CT molecular complexity index is 2970. The first kappa shape index (κ1) is 50.7. The average molecular weight is 1030 g/mol. The molecule has 1 atom stereocenters. The number of imide groups is 1. The first-order valence-electron chi connectivity index (χ1n) is 24.2. The number of hydroxylamine groups is 2. The molecule has 0 bridgehead atoms. The number of anilines is 4. The standard InChI is InChI=1S/C55H58N6O10S2/c1-55(2,73-72-21-11-16-52(64)71-61-50(62)17-18-51(61)63)33-58(4)38-23-34(31-69-48-28-42(56-3)40(26-46(48)67-5)53(65)59-20-19-36-12-7-9-14-44(36)59)22-35(24-38)32-70-49-29-43-41(27-47(49)68-6)54(66)60-39(30-57-43)25-37-13-8-10-15-45(37)60/h7-10,12-15,22-24,26-29,39,57H,3,11,16-21,25,30-33H2,1-2,4-6H3/t39-/m0/s1. The number of methoxy groups -OCH3 is 2. The predicted octanol–water partition coefficient (Wildman–Crippen LogP) is 9.38. The third-order valence-electron chi connectivity index (χ3n) is 13.1. The van der Waals surface area contributed by atoms with Gasteiger partial charge in [0.1, 0.15) is 13.2 Å². The molecule has 1 saturated heterocycles. The highest BCUT2D eigenvalue weighted by molar-refractivity contribution is 8.77. The molecule has 1 N–H and O–H groups in total. The number of aliphatic imine (C=N–C) groups is 1. The van der Waals surface area contributed by atoms with Gasteiger partial charge in [0.2, 0.25) is 0 Å². The van der Waals surface area contributed by atoms with Crippen molar-refractivity contribution in [3.8, 4) is 23.0 Å². The van der Waals surface area contributed by atoms with Crippen LogP contribution < -0.4 is 39.0 Å². The molecule has 5 aromatic carbocycles. The maximum atomic E-state index is 14.1. The van der Waals surface area contributed by atoms with E-state index in [9.17, 15) is 24.0 Å². The normalized spacial score (nSPS) is 15.7. The molecule has 9 rings (SSSR count). The summed E-state index contributed by atoms with van der Waals surface area (Å²) in [6, 6.07) is 28.9. The highest BCUT2D eigenvalue weighted by Crippen LogP contribution is 2.43. The highest BCUT2D eigenvalue weighted by atomic mass is 33.1. The maximum absolute atomic E-state index is 14.1. The van der Waals surface area contributed by atoms with Crippen molar-refractivity contribution in [2.24, 2.45) is 4.99 Å². The molecule has 0 spiro atoms. The van der Waals surface area contributed by atoms with Gasteiger partial charge in [-0.15, -0.1) is 5.06 Å². The van der Waals surface area contributed by atoms with Crippen LogP contribution in [-0.4, -0.2) is 98.8 Å². The van der Waals surface area contributed by atoms with Crippen LogP contribution in [0, 0.1) is 0 Å². The van der Waals surface area contributed by atoms with Crippen LogP contribution in [0.25, 0.3) is 0 Å². The van der Waals surface area contributed by atoms with E-state index in [2.05, 4.69) is 54.0 Å². The van der Waals surface area contributed by atoms with E-state index in [0.29, 0.717) is 82.4 Å². The maximum Gasteiger partial charge on any atom is 0.333 e. The molecule has 0 aliphatic carbocycles. The van der Waals surface area contributed by atoms with Gasteiger partial charge in [-0.1, -0.05) is 58.0 Å². The second-order valence-electron chi connectivity index (χ2n) is 18.9. The minimum atomic E-state index is -0.608. The number of nitrogens with zero attached hydrogens (tertiary/aromatic N) is 5. The van der Waals surface area contributed by atoms with Gasteiger partial charge in [-0.05, 0) is 105 Å². The number of para-hydroxylation sites is 2. The van der Waals surface area contributed by atoms with E-state index in [1.54, 1.807) is 51.8 Å². The van der Waals surface area contributed by atoms with E-state index < -0.39 is 17.8 Å². The average Bonchev–Trinajstić information content (AvgIpc) is 4.07. The predicted molar refractivity (Wildman–Crippen MR) is 285 cm³/mol. The van der Waals surface area contributed by atoms with Gasteiger partial charge >= 0.3 is 5.97 Å². The third kappa shape index (κ3) is 11.1. The van der Waals surface area contributed by atoms with Crippen molar-refractivity contribution in [1.82, 2.24) is 5.06 Å². The number of nitrogens with one attached hydrogen (secondary N) is 1. The quantitative estimate of drug-likeness (QED) is 0.0339. The van der Waals surface area contributed by atoms with Crippen molar-refractivity contribution in [1.29, 1.82) is 0 Å². The van der Waals surface area contributed by atoms with Crippen LogP contribution >= 0.6 is 21.6 Å². The zero-order valence-electron chi connectivity index (χ0n) is 41.6. The van der Waals surface area contributed by atoms with Gasteiger partial charge in [0, 0.05) is 85.6 Å². The van der Waals surface area contributed by atoms with Crippen LogP contribution in [0.15, 0.2) is 96.0 Å². The van der Waals surface area contributed by atoms with Crippen molar-refractivity contribution in [2.45, 2.75) is 76.4 Å². The number of carbonyl (C=O) groups excluding carboxylic acids is 5. The lowest BCUT2D eigenvalue weighted by Crippen LogP contribution is -2.39.